The highest BCUT2D eigenvalue weighted by Crippen LogP contribution is 2.33. The summed E-state index contributed by atoms with van der Waals surface area (Å²) >= 11 is 1.31. The number of rotatable bonds is 6. The standard InChI is InChI=1S/C19H16F4N4O2S/c1-3-12-9-25-17(30-12)14-5-11(29-2)4-13(15(14)20)16(28)24-6-10-7-26-18(27-8-10)19(21,22)23/h4-5,7-9H,3,6H2,1-2H3,(H,24,28). The van der Waals surface area contributed by atoms with E-state index in [2.05, 4.69) is 20.3 Å². The van der Waals surface area contributed by atoms with Crippen LogP contribution >= 0.6 is 11.3 Å². The Bertz CT molecular complexity index is 1050. The van der Waals surface area contributed by atoms with Crippen LogP contribution in [0.15, 0.2) is 30.7 Å². The lowest BCUT2D eigenvalue weighted by Gasteiger charge is -2.11. The predicted octanol–water partition coefficient (Wildman–Crippen LogP) is 4.26. The number of thiazole rings is 1. The highest BCUT2D eigenvalue weighted by Gasteiger charge is 2.34. The van der Waals surface area contributed by atoms with Gasteiger partial charge in [-0.1, -0.05) is 6.92 Å². The normalized spacial score (nSPS) is 11.4. The van der Waals surface area contributed by atoms with E-state index in [0.29, 0.717) is 5.01 Å². The van der Waals surface area contributed by atoms with Gasteiger partial charge in [-0.15, -0.1) is 11.3 Å². The second kappa shape index (κ2) is 8.74. The molecule has 1 aromatic carbocycles. The highest BCUT2D eigenvalue weighted by molar-refractivity contribution is 7.15. The lowest BCUT2D eigenvalue weighted by Crippen LogP contribution is -2.24. The minimum absolute atomic E-state index is 0.127. The second-order valence-electron chi connectivity index (χ2n) is 6.12. The first-order chi connectivity index (χ1) is 14.2. The van der Waals surface area contributed by atoms with Crippen molar-refractivity contribution in [3.63, 3.8) is 0 Å². The Labute approximate surface area is 173 Å². The molecule has 30 heavy (non-hydrogen) atoms. The molecule has 0 aliphatic heterocycles. The first-order valence-corrected chi connectivity index (χ1v) is 9.53. The average Bonchev–Trinajstić information content (AvgIpc) is 3.21. The minimum Gasteiger partial charge on any atom is -0.497 e. The van der Waals surface area contributed by atoms with Gasteiger partial charge in [-0.05, 0) is 18.6 Å². The quantitative estimate of drug-likeness (QED) is 0.580. The van der Waals surface area contributed by atoms with Crippen molar-refractivity contribution in [1.29, 1.82) is 0 Å². The van der Waals surface area contributed by atoms with Crippen LogP contribution in [0.5, 0.6) is 5.75 Å². The molecule has 0 unspecified atom stereocenters. The van der Waals surface area contributed by atoms with E-state index in [1.54, 1.807) is 6.20 Å². The molecule has 0 atom stereocenters. The van der Waals surface area contributed by atoms with E-state index in [4.69, 9.17) is 4.74 Å². The van der Waals surface area contributed by atoms with Crippen molar-refractivity contribution in [3.05, 3.63) is 58.4 Å². The predicted molar refractivity (Wildman–Crippen MR) is 102 cm³/mol. The monoisotopic (exact) mass is 440 g/mol. The van der Waals surface area contributed by atoms with Gasteiger partial charge in [-0.2, -0.15) is 13.2 Å². The molecule has 3 rings (SSSR count). The van der Waals surface area contributed by atoms with Crippen LogP contribution in [0.3, 0.4) is 0 Å². The van der Waals surface area contributed by atoms with Crippen LogP contribution in [0, 0.1) is 5.82 Å². The second-order valence-corrected chi connectivity index (χ2v) is 7.23. The van der Waals surface area contributed by atoms with E-state index in [9.17, 15) is 18.0 Å². The van der Waals surface area contributed by atoms with Crippen molar-refractivity contribution in [3.8, 4) is 16.3 Å². The molecule has 0 bridgehead atoms. The molecule has 3 aromatic rings. The Hall–Kier alpha value is -3.08. The van der Waals surface area contributed by atoms with E-state index in [0.717, 1.165) is 23.7 Å². The number of aromatic nitrogens is 3. The maximum Gasteiger partial charge on any atom is 0.451 e. The molecule has 0 saturated heterocycles. The van der Waals surface area contributed by atoms with E-state index in [1.165, 1.54) is 30.6 Å². The van der Waals surface area contributed by atoms with Gasteiger partial charge >= 0.3 is 6.18 Å². The van der Waals surface area contributed by atoms with Crippen molar-refractivity contribution < 1.29 is 27.1 Å². The van der Waals surface area contributed by atoms with Gasteiger partial charge in [0.15, 0.2) is 0 Å². The minimum atomic E-state index is -4.66. The SMILES string of the molecule is CCc1cnc(-c2cc(OC)cc(C(=O)NCc3cnc(C(F)(F)F)nc3)c2F)s1. The number of hydrogen-bond acceptors (Lipinski definition) is 6. The highest BCUT2D eigenvalue weighted by atomic mass is 32.1. The van der Waals surface area contributed by atoms with Gasteiger partial charge in [0.2, 0.25) is 5.82 Å². The zero-order chi connectivity index (χ0) is 21.9. The van der Waals surface area contributed by atoms with Gasteiger partial charge in [0, 0.05) is 35.6 Å². The van der Waals surface area contributed by atoms with Crippen molar-refractivity contribution >= 4 is 17.2 Å². The summed E-state index contributed by atoms with van der Waals surface area (Å²) in [6, 6.07) is 2.69. The molecule has 2 heterocycles. The number of carbonyl (C=O) groups is 1. The number of methoxy groups -OCH3 is 1. The third-order valence-corrected chi connectivity index (χ3v) is 5.25. The lowest BCUT2D eigenvalue weighted by molar-refractivity contribution is -0.145. The fraction of sp³-hybridized carbons (Fsp3) is 0.263. The molecule has 1 amide bonds. The maximum absolute atomic E-state index is 15.0. The largest absolute Gasteiger partial charge is 0.497 e. The van der Waals surface area contributed by atoms with Gasteiger partial charge in [-0.3, -0.25) is 4.79 Å². The molecule has 0 fully saturated rings. The van der Waals surface area contributed by atoms with Crippen molar-refractivity contribution in [2.24, 2.45) is 0 Å². The smallest absolute Gasteiger partial charge is 0.451 e. The van der Waals surface area contributed by atoms with Crippen LogP contribution < -0.4 is 10.1 Å². The third-order valence-electron chi connectivity index (χ3n) is 4.07. The van der Waals surface area contributed by atoms with E-state index >= 15 is 4.39 Å². The zero-order valence-electron chi connectivity index (χ0n) is 15.9. The van der Waals surface area contributed by atoms with Crippen LogP contribution in [-0.4, -0.2) is 28.0 Å². The maximum atomic E-state index is 15.0. The molecule has 0 aliphatic rings. The van der Waals surface area contributed by atoms with Crippen LogP contribution in [0.25, 0.3) is 10.6 Å². The van der Waals surface area contributed by atoms with Gasteiger partial charge < -0.3 is 10.1 Å². The van der Waals surface area contributed by atoms with Crippen molar-refractivity contribution in [2.45, 2.75) is 26.1 Å². The molecule has 0 radical (unpaired) electrons. The summed E-state index contributed by atoms with van der Waals surface area (Å²) in [5.41, 5.74) is 0.0832. The number of aryl methyl sites for hydroxylation is 1. The summed E-state index contributed by atoms with van der Waals surface area (Å²) in [5, 5.41) is 2.86. The van der Waals surface area contributed by atoms with E-state index < -0.39 is 23.7 Å². The topological polar surface area (TPSA) is 77.0 Å². The molecule has 1 N–H and O–H groups in total. The van der Waals surface area contributed by atoms with Crippen LogP contribution in [-0.2, 0) is 19.1 Å². The lowest BCUT2D eigenvalue weighted by atomic mass is 10.1. The number of carbonyl (C=O) groups excluding carboxylic acids is 1. The number of alkyl halides is 3. The molecular weight excluding hydrogens is 424 g/mol. The Morgan fingerprint density at radius 2 is 1.87 bits per heavy atom. The van der Waals surface area contributed by atoms with E-state index in [1.807, 2.05) is 6.92 Å². The van der Waals surface area contributed by atoms with Gasteiger partial charge in [0.05, 0.1) is 18.2 Å². The molecule has 6 nitrogen and oxygen atoms in total. The molecular formula is C19H16F4N4O2S. The third kappa shape index (κ3) is 4.73. The summed E-state index contributed by atoms with van der Waals surface area (Å²) in [6.07, 6.45) is -0.374. The van der Waals surface area contributed by atoms with Gasteiger partial charge in [0.1, 0.15) is 16.6 Å². The zero-order valence-corrected chi connectivity index (χ0v) is 16.7. The summed E-state index contributed by atoms with van der Waals surface area (Å²) < 4.78 is 57.8. The van der Waals surface area contributed by atoms with Crippen LogP contribution in [0.1, 0.15) is 33.5 Å². The number of nitrogens with one attached hydrogen (secondary N) is 1. The molecule has 158 valence electrons. The van der Waals surface area contributed by atoms with Crippen molar-refractivity contribution in [2.75, 3.05) is 7.11 Å². The van der Waals surface area contributed by atoms with Crippen LogP contribution in [0.2, 0.25) is 0 Å². The molecule has 0 saturated carbocycles. The first kappa shape index (κ1) is 21.6. The Kier molecular flexibility index (Phi) is 6.30. The Morgan fingerprint density at radius 1 is 1.17 bits per heavy atom. The number of ether oxygens (including phenoxy) is 1. The summed E-state index contributed by atoms with van der Waals surface area (Å²) in [5.74, 6) is -2.55. The molecule has 11 heteroatoms. The Balaban J connectivity index is 1.82. The fourth-order valence-corrected chi connectivity index (χ4v) is 3.36. The summed E-state index contributed by atoms with van der Waals surface area (Å²) in [6.45, 7) is 1.77. The molecule has 2 aromatic heterocycles. The molecule has 0 aliphatic carbocycles. The fourth-order valence-electron chi connectivity index (χ4n) is 2.50. The molecule has 0 spiro atoms. The number of halogens is 4. The number of nitrogens with zero attached hydrogens (tertiary/aromatic N) is 3. The van der Waals surface area contributed by atoms with E-state index in [-0.39, 0.29) is 29.0 Å². The summed E-state index contributed by atoms with van der Waals surface area (Å²) in [4.78, 5) is 24.1. The van der Waals surface area contributed by atoms with Crippen molar-refractivity contribution in [1.82, 2.24) is 20.3 Å². The first-order valence-electron chi connectivity index (χ1n) is 8.71. The van der Waals surface area contributed by atoms with Gasteiger partial charge in [-0.25, -0.2) is 19.3 Å². The van der Waals surface area contributed by atoms with Crippen LogP contribution in [0.4, 0.5) is 17.6 Å². The van der Waals surface area contributed by atoms with Gasteiger partial charge in [0.25, 0.3) is 5.91 Å². The average molecular weight is 440 g/mol. The number of amides is 1. The number of benzene rings is 1. The number of hydrogen-bond donors (Lipinski definition) is 1. The summed E-state index contributed by atoms with van der Waals surface area (Å²) in [7, 11) is 1.39. The Morgan fingerprint density at radius 3 is 2.43 bits per heavy atom.